The van der Waals surface area contributed by atoms with Crippen molar-refractivity contribution in [2.24, 2.45) is 11.8 Å². The predicted octanol–water partition coefficient (Wildman–Crippen LogP) is 3.56. The summed E-state index contributed by atoms with van der Waals surface area (Å²) < 4.78 is 0. The van der Waals surface area contributed by atoms with E-state index in [4.69, 9.17) is 0 Å². The van der Waals surface area contributed by atoms with Crippen LogP contribution in [-0.4, -0.2) is 33.6 Å². The maximum atomic E-state index is 4.48. The second-order valence-electron chi connectivity index (χ2n) is 7.17. The SMILES string of the molecule is [CH2]C1CCC(CNc2nc(NC(C)C)nc(NC(C)C)n2)CC1. The molecule has 129 valence electrons. The van der Waals surface area contributed by atoms with Gasteiger partial charge < -0.3 is 16.0 Å². The van der Waals surface area contributed by atoms with Crippen LogP contribution in [0.2, 0.25) is 0 Å². The number of hydrogen-bond acceptors (Lipinski definition) is 6. The average Bonchev–Trinajstić information content (AvgIpc) is 2.45. The molecule has 0 amide bonds. The quantitative estimate of drug-likeness (QED) is 0.713. The molecule has 1 aliphatic rings. The third kappa shape index (κ3) is 6.20. The summed E-state index contributed by atoms with van der Waals surface area (Å²) in [7, 11) is 0. The Morgan fingerprint density at radius 1 is 0.870 bits per heavy atom. The molecule has 3 N–H and O–H groups in total. The predicted molar refractivity (Wildman–Crippen MR) is 96.6 cm³/mol. The van der Waals surface area contributed by atoms with Crippen LogP contribution in [0, 0.1) is 18.8 Å². The Hall–Kier alpha value is -1.59. The summed E-state index contributed by atoms with van der Waals surface area (Å²) in [5.41, 5.74) is 0. The average molecular weight is 319 g/mol. The van der Waals surface area contributed by atoms with E-state index in [2.05, 4.69) is 65.5 Å². The van der Waals surface area contributed by atoms with Gasteiger partial charge in [0.15, 0.2) is 0 Å². The van der Waals surface area contributed by atoms with E-state index in [0.717, 1.165) is 6.54 Å². The molecule has 1 radical (unpaired) electrons. The fourth-order valence-electron chi connectivity index (χ4n) is 2.77. The van der Waals surface area contributed by atoms with E-state index in [9.17, 15) is 0 Å². The molecule has 1 aromatic heterocycles. The molecule has 6 nitrogen and oxygen atoms in total. The number of nitrogens with one attached hydrogen (secondary N) is 3. The molecule has 1 heterocycles. The molecule has 0 spiro atoms. The first-order valence-electron chi connectivity index (χ1n) is 8.78. The van der Waals surface area contributed by atoms with Crippen LogP contribution in [-0.2, 0) is 0 Å². The van der Waals surface area contributed by atoms with Crippen LogP contribution in [0.3, 0.4) is 0 Å². The van der Waals surface area contributed by atoms with Gasteiger partial charge in [0.1, 0.15) is 0 Å². The van der Waals surface area contributed by atoms with E-state index in [1.807, 2.05) is 0 Å². The van der Waals surface area contributed by atoms with Gasteiger partial charge in [-0.15, -0.1) is 0 Å². The van der Waals surface area contributed by atoms with Gasteiger partial charge >= 0.3 is 0 Å². The topological polar surface area (TPSA) is 74.8 Å². The normalized spacial score (nSPS) is 21.5. The van der Waals surface area contributed by atoms with Gasteiger partial charge in [0.2, 0.25) is 17.8 Å². The highest BCUT2D eigenvalue weighted by Gasteiger charge is 2.18. The number of hydrogen-bond donors (Lipinski definition) is 3. The van der Waals surface area contributed by atoms with E-state index < -0.39 is 0 Å². The fourth-order valence-corrected chi connectivity index (χ4v) is 2.77. The second kappa shape index (κ2) is 8.31. The molecule has 23 heavy (non-hydrogen) atoms. The molecule has 0 atom stereocenters. The number of nitrogens with zero attached hydrogens (tertiary/aromatic N) is 3. The van der Waals surface area contributed by atoms with Gasteiger partial charge in [-0.3, -0.25) is 0 Å². The van der Waals surface area contributed by atoms with Crippen molar-refractivity contribution in [1.29, 1.82) is 0 Å². The van der Waals surface area contributed by atoms with Crippen molar-refractivity contribution >= 4 is 17.8 Å². The van der Waals surface area contributed by atoms with Crippen LogP contribution in [0.1, 0.15) is 53.4 Å². The first-order valence-corrected chi connectivity index (χ1v) is 8.78. The van der Waals surface area contributed by atoms with Gasteiger partial charge in [0.25, 0.3) is 0 Å². The summed E-state index contributed by atoms with van der Waals surface area (Å²) in [5.74, 6) is 3.19. The Morgan fingerprint density at radius 3 is 1.83 bits per heavy atom. The van der Waals surface area contributed by atoms with Gasteiger partial charge in [-0.05, 0) is 52.4 Å². The standard InChI is InChI=1S/C17H31N6/c1-11(2)19-16-21-15(22-17(23-16)20-12(3)4)18-10-14-8-6-13(5)7-9-14/h11-14H,5-10H2,1-4H3,(H3,18,19,20,21,22,23). The molecule has 0 bridgehead atoms. The maximum Gasteiger partial charge on any atom is 0.229 e. The van der Waals surface area contributed by atoms with Crippen molar-refractivity contribution in [1.82, 2.24) is 15.0 Å². The van der Waals surface area contributed by atoms with Crippen LogP contribution < -0.4 is 16.0 Å². The third-order valence-corrected chi connectivity index (χ3v) is 3.99. The molecule has 0 aliphatic heterocycles. The summed E-state index contributed by atoms with van der Waals surface area (Å²) in [6.45, 7) is 13.4. The van der Waals surface area contributed by atoms with Gasteiger partial charge in [0, 0.05) is 18.6 Å². The van der Waals surface area contributed by atoms with Crippen LogP contribution >= 0.6 is 0 Å². The molecule has 1 aromatic rings. The summed E-state index contributed by atoms with van der Waals surface area (Å²) in [5, 5.41) is 9.90. The Morgan fingerprint density at radius 2 is 1.35 bits per heavy atom. The van der Waals surface area contributed by atoms with Crippen molar-refractivity contribution in [2.45, 2.75) is 65.5 Å². The molecule has 2 rings (SSSR count). The monoisotopic (exact) mass is 319 g/mol. The largest absolute Gasteiger partial charge is 0.354 e. The van der Waals surface area contributed by atoms with Gasteiger partial charge in [0.05, 0.1) is 0 Å². The molecule has 1 aliphatic carbocycles. The summed E-state index contributed by atoms with van der Waals surface area (Å²) in [6, 6.07) is 0.564. The molecule has 0 aromatic carbocycles. The molecular weight excluding hydrogens is 288 g/mol. The number of aromatic nitrogens is 3. The molecule has 0 unspecified atom stereocenters. The lowest BCUT2D eigenvalue weighted by atomic mass is 9.83. The zero-order chi connectivity index (χ0) is 16.8. The van der Waals surface area contributed by atoms with E-state index >= 15 is 0 Å². The van der Waals surface area contributed by atoms with Crippen LogP contribution in [0.4, 0.5) is 17.8 Å². The molecule has 1 fully saturated rings. The Labute approximate surface area is 140 Å². The minimum Gasteiger partial charge on any atom is -0.354 e. The minimum absolute atomic E-state index is 0.282. The number of rotatable bonds is 7. The third-order valence-electron chi connectivity index (χ3n) is 3.99. The highest BCUT2D eigenvalue weighted by atomic mass is 15.3. The lowest BCUT2D eigenvalue weighted by molar-refractivity contribution is 0.320. The minimum atomic E-state index is 0.282. The Kier molecular flexibility index (Phi) is 6.42. The van der Waals surface area contributed by atoms with Crippen molar-refractivity contribution in [3.63, 3.8) is 0 Å². The second-order valence-corrected chi connectivity index (χ2v) is 7.17. The Balaban J connectivity index is 2.00. The van der Waals surface area contributed by atoms with Gasteiger partial charge in [-0.1, -0.05) is 19.8 Å². The van der Waals surface area contributed by atoms with Crippen molar-refractivity contribution in [3.8, 4) is 0 Å². The van der Waals surface area contributed by atoms with Gasteiger partial charge in [-0.25, -0.2) is 0 Å². The van der Waals surface area contributed by atoms with Crippen molar-refractivity contribution in [2.75, 3.05) is 22.5 Å². The molecule has 1 saturated carbocycles. The molecular formula is C17H31N6. The highest BCUT2D eigenvalue weighted by molar-refractivity contribution is 5.42. The highest BCUT2D eigenvalue weighted by Crippen LogP contribution is 2.28. The fraction of sp³-hybridized carbons (Fsp3) is 0.765. The first-order chi connectivity index (χ1) is 10.9. The zero-order valence-electron chi connectivity index (χ0n) is 14.9. The van der Waals surface area contributed by atoms with E-state index in [-0.39, 0.29) is 12.1 Å². The van der Waals surface area contributed by atoms with Crippen molar-refractivity contribution in [3.05, 3.63) is 6.92 Å². The number of anilines is 3. The van der Waals surface area contributed by atoms with Crippen LogP contribution in [0.15, 0.2) is 0 Å². The van der Waals surface area contributed by atoms with E-state index in [0.29, 0.717) is 29.7 Å². The summed E-state index contributed by atoms with van der Waals surface area (Å²) in [4.78, 5) is 13.4. The van der Waals surface area contributed by atoms with Gasteiger partial charge in [-0.2, -0.15) is 15.0 Å². The summed E-state index contributed by atoms with van der Waals surface area (Å²) in [6.07, 6.45) is 4.93. The lowest BCUT2D eigenvalue weighted by Crippen LogP contribution is -2.22. The van der Waals surface area contributed by atoms with Crippen LogP contribution in [0.25, 0.3) is 0 Å². The lowest BCUT2D eigenvalue weighted by Gasteiger charge is -2.26. The smallest absolute Gasteiger partial charge is 0.229 e. The Bertz CT molecular complexity index is 452. The summed E-state index contributed by atoms with van der Waals surface area (Å²) >= 11 is 0. The van der Waals surface area contributed by atoms with E-state index in [1.54, 1.807) is 0 Å². The maximum absolute atomic E-state index is 4.48. The van der Waals surface area contributed by atoms with E-state index in [1.165, 1.54) is 25.7 Å². The first kappa shape index (κ1) is 17.8. The van der Waals surface area contributed by atoms with Crippen molar-refractivity contribution < 1.29 is 0 Å². The zero-order valence-corrected chi connectivity index (χ0v) is 14.9. The molecule has 6 heteroatoms. The van der Waals surface area contributed by atoms with Crippen LogP contribution in [0.5, 0.6) is 0 Å². The molecule has 0 saturated heterocycles.